The van der Waals surface area contributed by atoms with Gasteiger partial charge in [0, 0.05) is 24.2 Å². The third kappa shape index (κ3) is 3.51. The molecule has 0 radical (unpaired) electrons. The number of nitrogens with zero attached hydrogens (tertiary/aromatic N) is 3. The maximum absolute atomic E-state index is 13.1. The van der Waals surface area contributed by atoms with Crippen molar-refractivity contribution in [3.63, 3.8) is 0 Å². The van der Waals surface area contributed by atoms with Crippen LogP contribution in [0.5, 0.6) is 0 Å². The van der Waals surface area contributed by atoms with Gasteiger partial charge in [-0.25, -0.2) is 4.98 Å². The topological polar surface area (TPSA) is 89.5 Å². The first-order chi connectivity index (χ1) is 15.5. The van der Waals surface area contributed by atoms with Crippen molar-refractivity contribution in [1.82, 2.24) is 9.88 Å². The summed E-state index contributed by atoms with van der Waals surface area (Å²) in [5, 5.41) is 10.9. The Morgan fingerprint density at radius 2 is 1.91 bits per heavy atom. The van der Waals surface area contributed by atoms with Crippen molar-refractivity contribution in [2.75, 3.05) is 6.54 Å². The summed E-state index contributed by atoms with van der Waals surface area (Å²) in [6, 6.07) is 19.6. The van der Waals surface area contributed by atoms with E-state index in [1.165, 1.54) is 29.8 Å². The third-order valence-corrected chi connectivity index (χ3v) is 5.98. The SMILES string of the molecule is Cc1ccccc1-c1ccc2oc([C@@H]3CCCN3C(=O)c3ccc([N+](=O)[O-])cc3)nc2c1. The first kappa shape index (κ1) is 19.9. The van der Waals surface area contributed by atoms with Crippen LogP contribution in [0.15, 0.2) is 71.1 Å². The van der Waals surface area contributed by atoms with Crippen LogP contribution in [-0.4, -0.2) is 27.3 Å². The molecule has 0 unspecified atom stereocenters. The lowest BCUT2D eigenvalue weighted by Gasteiger charge is -2.22. The monoisotopic (exact) mass is 427 g/mol. The Morgan fingerprint density at radius 3 is 2.66 bits per heavy atom. The van der Waals surface area contributed by atoms with E-state index in [9.17, 15) is 14.9 Å². The predicted molar refractivity (Wildman–Crippen MR) is 120 cm³/mol. The van der Waals surface area contributed by atoms with Crippen LogP contribution in [0.2, 0.25) is 0 Å². The number of carbonyl (C=O) groups is 1. The molecule has 3 aromatic carbocycles. The van der Waals surface area contributed by atoms with Crippen molar-refractivity contribution in [2.24, 2.45) is 0 Å². The number of amides is 1. The molecule has 1 aliphatic rings. The molecule has 1 aromatic heterocycles. The van der Waals surface area contributed by atoms with Crippen LogP contribution in [0.25, 0.3) is 22.2 Å². The quantitative estimate of drug-likeness (QED) is 0.308. The van der Waals surface area contributed by atoms with Crippen molar-refractivity contribution >= 4 is 22.7 Å². The molecule has 5 rings (SSSR count). The van der Waals surface area contributed by atoms with Crippen LogP contribution in [0, 0.1) is 17.0 Å². The Bertz CT molecular complexity index is 1330. The lowest BCUT2D eigenvalue weighted by Crippen LogP contribution is -2.30. The fraction of sp³-hybridized carbons (Fsp3) is 0.200. The number of aromatic nitrogens is 1. The number of non-ortho nitro benzene ring substituents is 1. The van der Waals surface area contributed by atoms with E-state index in [1.807, 2.05) is 30.3 Å². The Balaban J connectivity index is 1.44. The van der Waals surface area contributed by atoms with E-state index >= 15 is 0 Å². The summed E-state index contributed by atoms with van der Waals surface area (Å²) in [5.41, 5.74) is 5.23. The normalized spacial score (nSPS) is 15.9. The minimum Gasteiger partial charge on any atom is -0.438 e. The molecule has 1 saturated heterocycles. The molecule has 7 nitrogen and oxygen atoms in total. The number of benzene rings is 3. The summed E-state index contributed by atoms with van der Waals surface area (Å²) in [7, 11) is 0. The number of hydrogen-bond donors (Lipinski definition) is 0. The maximum Gasteiger partial charge on any atom is 0.269 e. The number of aryl methyl sites for hydroxylation is 1. The number of hydrogen-bond acceptors (Lipinski definition) is 5. The molecule has 0 spiro atoms. The molecule has 1 aliphatic heterocycles. The minimum absolute atomic E-state index is 0.0390. The average Bonchev–Trinajstić information content (AvgIpc) is 3.45. The number of likely N-dealkylation sites (tertiary alicyclic amines) is 1. The Morgan fingerprint density at radius 1 is 1.12 bits per heavy atom. The summed E-state index contributed by atoms with van der Waals surface area (Å²) >= 11 is 0. The molecule has 1 atom stereocenters. The first-order valence-corrected chi connectivity index (χ1v) is 10.5. The van der Waals surface area contributed by atoms with Gasteiger partial charge < -0.3 is 9.32 Å². The molecule has 1 amide bonds. The molecule has 160 valence electrons. The summed E-state index contributed by atoms with van der Waals surface area (Å²) in [6.07, 6.45) is 1.60. The predicted octanol–water partition coefficient (Wildman–Crippen LogP) is 5.69. The molecule has 0 saturated carbocycles. The number of rotatable bonds is 4. The number of fused-ring (bicyclic) bond motifs is 1. The van der Waals surface area contributed by atoms with Crippen molar-refractivity contribution in [1.29, 1.82) is 0 Å². The van der Waals surface area contributed by atoms with E-state index in [0.29, 0.717) is 23.6 Å². The number of oxazole rings is 1. The van der Waals surface area contributed by atoms with E-state index in [4.69, 9.17) is 9.40 Å². The highest BCUT2D eigenvalue weighted by Gasteiger charge is 2.34. The molecule has 4 aromatic rings. The van der Waals surface area contributed by atoms with Crippen molar-refractivity contribution in [2.45, 2.75) is 25.8 Å². The van der Waals surface area contributed by atoms with E-state index in [2.05, 4.69) is 19.1 Å². The fourth-order valence-electron chi connectivity index (χ4n) is 4.31. The highest BCUT2D eigenvalue weighted by Crippen LogP contribution is 2.35. The van der Waals surface area contributed by atoms with Crippen LogP contribution in [0.4, 0.5) is 5.69 Å². The summed E-state index contributed by atoms with van der Waals surface area (Å²) < 4.78 is 6.05. The van der Waals surface area contributed by atoms with Gasteiger partial charge in [0.2, 0.25) is 5.89 Å². The van der Waals surface area contributed by atoms with Gasteiger partial charge in [-0.1, -0.05) is 30.3 Å². The largest absolute Gasteiger partial charge is 0.438 e. The van der Waals surface area contributed by atoms with Gasteiger partial charge in [-0.2, -0.15) is 0 Å². The van der Waals surface area contributed by atoms with Gasteiger partial charge in [0.1, 0.15) is 11.6 Å². The molecule has 0 aliphatic carbocycles. The molecular weight excluding hydrogens is 406 g/mol. The first-order valence-electron chi connectivity index (χ1n) is 10.5. The van der Waals surface area contributed by atoms with Gasteiger partial charge in [0.05, 0.1) is 4.92 Å². The third-order valence-electron chi connectivity index (χ3n) is 5.98. The highest BCUT2D eigenvalue weighted by atomic mass is 16.6. The van der Waals surface area contributed by atoms with Crippen LogP contribution < -0.4 is 0 Å². The summed E-state index contributed by atoms with van der Waals surface area (Å²) in [6.45, 7) is 2.67. The molecule has 1 fully saturated rings. The number of carbonyl (C=O) groups excluding carboxylic acids is 1. The number of nitro benzene ring substituents is 1. The van der Waals surface area contributed by atoms with E-state index in [-0.39, 0.29) is 17.6 Å². The van der Waals surface area contributed by atoms with Crippen LogP contribution in [-0.2, 0) is 0 Å². The second-order valence-electron chi connectivity index (χ2n) is 8.01. The van der Waals surface area contributed by atoms with Gasteiger partial charge in [-0.05, 0) is 60.7 Å². The van der Waals surface area contributed by atoms with E-state index < -0.39 is 4.92 Å². The highest BCUT2D eigenvalue weighted by molar-refractivity contribution is 5.95. The lowest BCUT2D eigenvalue weighted by molar-refractivity contribution is -0.384. The second-order valence-corrected chi connectivity index (χ2v) is 8.01. The molecule has 32 heavy (non-hydrogen) atoms. The average molecular weight is 427 g/mol. The van der Waals surface area contributed by atoms with E-state index in [0.717, 1.165) is 29.5 Å². The Kier molecular flexibility index (Phi) is 4.93. The van der Waals surface area contributed by atoms with Crippen molar-refractivity contribution in [3.8, 4) is 11.1 Å². The number of nitro groups is 1. The zero-order chi connectivity index (χ0) is 22.2. The van der Waals surface area contributed by atoms with Gasteiger partial charge in [0.25, 0.3) is 11.6 Å². The standard InChI is InChI=1S/C25H21N3O4/c1-16-5-2-3-6-20(16)18-10-13-23-21(15-18)26-24(32-23)22-7-4-14-27(22)25(29)17-8-11-19(12-9-17)28(30)31/h2-3,5-6,8-13,15,22H,4,7,14H2,1H3/t22-/m0/s1. The van der Waals surface area contributed by atoms with Crippen molar-refractivity contribution < 1.29 is 14.1 Å². The van der Waals surface area contributed by atoms with Gasteiger partial charge >= 0.3 is 0 Å². The zero-order valence-electron chi connectivity index (χ0n) is 17.5. The van der Waals surface area contributed by atoms with E-state index in [1.54, 1.807) is 4.90 Å². The smallest absolute Gasteiger partial charge is 0.269 e. The maximum atomic E-state index is 13.1. The van der Waals surface area contributed by atoms with Crippen molar-refractivity contribution in [3.05, 3.63) is 93.9 Å². The minimum atomic E-state index is -0.476. The second kappa shape index (κ2) is 7.92. The lowest BCUT2D eigenvalue weighted by atomic mass is 10.0. The fourth-order valence-corrected chi connectivity index (χ4v) is 4.31. The van der Waals surface area contributed by atoms with Crippen LogP contribution >= 0.6 is 0 Å². The Labute approximate surface area is 184 Å². The Hall–Kier alpha value is -4.00. The molecule has 0 N–H and O–H groups in total. The zero-order valence-corrected chi connectivity index (χ0v) is 17.5. The van der Waals surface area contributed by atoms with Gasteiger partial charge in [-0.3, -0.25) is 14.9 Å². The summed E-state index contributed by atoms with van der Waals surface area (Å²) in [5.74, 6) is 0.347. The van der Waals surface area contributed by atoms with Crippen LogP contribution in [0.1, 0.15) is 40.7 Å². The molecular formula is C25H21N3O4. The molecule has 0 bridgehead atoms. The molecule has 7 heteroatoms. The molecule has 2 heterocycles. The van der Waals surface area contributed by atoms with Gasteiger partial charge in [-0.15, -0.1) is 0 Å². The summed E-state index contributed by atoms with van der Waals surface area (Å²) in [4.78, 5) is 30.0. The van der Waals surface area contributed by atoms with Crippen LogP contribution in [0.3, 0.4) is 0 Å². The van der Waals surface area contributed by atoms with Gasteiger partial charge in [0.15, 0.2) is 5.58 Å².